The predicted octanol–water partition coefficient (Wildman–Crippen LogP) is 4.25. The van der Waals surface area contributed by atoms with Crippen molar-refractivity contribution in [2.24, 2.45) is 0 Å². The van der Waals surface area contributed by atoms with Crippen molar-refractivity contribution < 1.29 is 4.74 Å². The van der Waals surface area contributed by atoms with Crippen molar-refractivity contribution in [3.05, 3.63) is 39.4 Å². The molecule has 23 heavy (non-hydrogen) atoms. The molecule has 3 heterocycles. The first kappa shape index (κ1) is 15.4. The Labute approximate surface area is 145 Å². The van der Waals surface area contributed by atoms with E-state index in [2.05, 4.69) is 27.4 Å². The maximum Gasteiger partial charge on any atom is 0.135 e. The summed E-state index contributed by atoms with van der Waals surface area (Å²) >= 11 is 8.03. The van der Waals surface area contributed by atoms with Crippen molar-refractivity contribution in [1.82, 2.24) is 9.97 Å². The molecule has 6 heteroatoms. The molecule has 0 spiro atoms. The number of hydrogen-bond donors (Lipinski definition) is 0. The van der Waals surface area contributed by atoms with Crippen molar-refractivity contribution in [1.29, 1.82) is 0 Å². The van der Waals surface area contributed by atoms with Gasteiger partial charge in [0.1, 0.15) is 16.8 Å². The molecular weight excluding hydrogens is 330 g/mol. The molecular formula is C17H20ClN3OS. The maximum absolute atomic E-state index is 6.26. The zero-order valence-corrected chi connectivity index (χ0v) is 14.5. The summed E-state index contributed by atoms with van der Waals surface area (Å²) in [6, 6.07) is 6.14. The van der Waals surface area contributed by atoms with E-state index >= 15 is 0 Å². The van der Waals surface area contributed by atoms with Crippen LogP contribution in [0.1, 0.15) is 42.3 Å². The van der Waals surface area contributed by atoms with E-state index in [1.807, 2.05) is 6.07 Å². The molecule has 2 aliphatic rings. The molecule has 1 unspecified atom stereocenters. The van der Waals surface area contributed by atoms with Gasteiger partial charge in [-0.05, 0) is 37.1 Å². The van der Waals surface area contributed by atoms with Crippen LogP contribution in [0.15, 0.2) is 23.6 Å². The van der Waals surface area contributed by atoms with E-state index in [9.17, 15) is 0 Å². The number of halogens is 1. The minimum Gasteiger partial charge on any atom is -0.376 e. The van der Waals surface area contributed by atoms with E-state index in [1.54, 1.807) is 11.3 Å². The maximum atomic E-state index is 6.26. The molecule has 1 atom stereocenters. The van der Waals surface area contributed by atoms with Gasteiger partial charge in [-0.2, -0.15) is 0 Å². The molecule has 1 aliphatic carbocycles. The molecule has 1 saturated carbocycles. The van der Waals surface area contributed by atoms with Gasteiger partial charge in [-0.25, -0.2) is 9.97 Å². The summed E-state index contributed by atoms with van der Waals surface area (Å²) in [6.07, 6.45) is 4.91. The lowest BCUT2D eigenvalue weighted by atomic mass is 10.2. The lowest BCUT2D eigenvalue weighted by molar-refractivity contribution is 0.115. The fourth-order valence-electron chi connectivity index (χ4n) is 2.97. The van der Waals surface area contributed by atoms with Crippen LogP contribution in [0, 0.1) is 0 Å². The minimum atomic E-state index is 0.285. The monoisotopic (exact) mass is 349 g/mol. The second kappa shape index (κ2) is 6.75. The SMILES string of the molecule is Clc1cc(N(Cc2cccs2)CC2CCCO2)nc(C2CC2)n1. The zero-order valence-electron chi connectivity index (χ0n) is 12.9. The molecule has 2 fully saturated rings. The molecule has 122 valence electrons. The average molecular weight is 350 g/mol. The van der Waals surface area contributed by atoms with Crippen molar-refractivity contribution >= 4 is 28.8 Å². The Morgan fingerprint density at radius 3 is 2.91 bits per heavy atom. The third-order valence-electron chi connectivity index (χ3n) is 4.34. The Morgan fingerprint density at radius 1 is 1.30 bits per heavy atom. The molecule has 1 saturated heterocycles. The first-order valence-corrected chi connectivity index (χ1v) is 9.47. The van der Waals surface area contributed by atoms with Gasteiger partial charge in [0, 0.05) is 30.0 Å². The number of ether oxygens (including phenoxy) is 1. The average Bonchev–Trinajstić information content (AvgIpc) is 3.03. The predicted molar refractivity (Wildman–Crippen MR) is 93.4 cm³/mol. The van der Waals surface area contributed by atoms with Crippen molar-refractivity contribution in [3.63, 3.8) is 0 Å². The van der Waals surface area contributed by atoms with Gasteiger partial charge >= 0.3 is 0 Å². The highest BCUT2D eigenvalue weighted by Gasteiger charge is 2.28. The standard InChI is InChI=1S/C17H20ClN3OS/c18-15-9-16(20-17(19-15)12-5-6-12)21(10-13-3-1-7-22-13)11-14-4-2-8-23-14/h2,4,8-9,12-13H,1,3,5-7,10-11H2. The fourth-order valence-corrected chi connectivity index (χ4v) is 3.88. The van der Waals surface area contributed by atoms with Gasteiger partial charge in [0.2, 0.25) is 0 Å². The van der Waals surface area contributed by atoms with E-state index < -0.39 is 0 Å². The number of nitrogens with zero attached hydrogens (tertiary/aromatic N) is 3. The molecule has 0 aromatic carbocycles. The summed E-state index contributed by atoms with van der Waals surface area (Å²) in [5.74, 6) is 2.32. The van der Waals surface area contributed by atoms with Crippen LogP contribution in [0.25, 0.3) is 0 Å². The number of anilines is 1. The molecule has 0 bridgehead atoms. The Morgan fingerprint density at radius 2 is 2.22 bits per heavy atom. The number of hydrogen-bond acceptors (Lipinski definition) is 5. The summed E-state index contributed by atoms with van der Waals surface area (Å²) in [6.45, 7) is 2.57. The molecule has 0 N–H and O–H groups in total. The molecule has 4 rings (SSSR count). The van der Waals surface area contributed by atoms with Crippen LogP contribution in [0.5, 0.6) is 0 Å². The van der Waals surface area contributed by atoms with E-state index in [0.717, 1.165) is 44.2 Å². The Balaban J connectivity index is 1.60. The van der Waals surface area contributed by atoms with Crippen molar-refractivity contribution in [2.75, 3.05) is 18.1 Å². The van der Waals surface area contributed by atoms with E-state index in [0.29, 0.717) is 11.1 Å². The van der Waals surface area contributed by atoms with Gasteiger partial charge in [-0.3, -0.25) is 0 Å². The highest BCUT2D eigenvalue weighted by atomic mass is 35.5. The van der Waals surface area contributed by atoms with Gasteiger partial charge in [-0.1, -0.05) is 17.7 Å². The Bertz CT molecular complexity index is 654. The van der Waals surface area contributed by atoms with Crippen LogP contribution < -0.4 is 4.90 Å². The Hall–Kier alpha value is -1.17. The molecule has 0 amide bonds. The third-order valence-corrected chi connectivity index (χ3v) is 5.39. The topological polar surface area (TPSA) is 38.2 Å². The van der Waals surface area contributed by atoms with Gasteiger partial charge in [-0.15, -0.1) is 11.3 Å². The molecule has 2 aromatic rings. The lowest BCUT2D eigenvalue weighted by Crippen LogP contribution is -2.32. The third kappa shape index (κ3) is 3.84. The van der Waals surface area contributed by atoms with Crippen molar-refractivity contribution in [3.8, 4) is 0 Å². The van der Waals surface area contributed by atoms with Gasteiger partial charge in [0.05, 0.1) is 12.6 Å². The Kier molecular flexibility index (Phi) is 4.51. The molecule has 2 aromatic heterocycles. The normalized spacial score (nSPS) is 20.8. The molecule has 1 aliphatic heterocycles. The first-order chi connectivity index (χ1) is 11.3. The minimum absolute atomic E-state index is 0.285. The van der Waals surface area contributed by atoms with E-state index in [1.165, 1.54) is 17.7 Å². The van der Waals surface area contributed by atoms with Crippen LogP contribution >= 0.6 is 22.9 Å². The van der Waals surface area contributed by atoms with Gasteiger partial charge in [0.25, 0.3) is 0 Å². The summed E-state index contributed by atoms with van der Waals surface area (Å²) in [5, 5.41) is 2.66. The molecule has 4 nitrogen and oxygen atoms in total. The van der Waals surface area contributed by atoms with E-state index in [-0.39, 0.29) is 6.10 Å². The second-order valence-corrected chi connectivity index (χ2v) is 7.70. The van der Waals surface area contributed by atoms with Crippen molar-refractivity contribution in [2.45, 2.75) is 44.2 Å². The lowest BCUT2D eigenvalue weighted by Gasteiger charge is -2.26. The van der Waals surface area contributed by atoms with Gasteiger partial charge in [0.15, 0.2) is 0 Å². The van der Waals surface area contributed by atoms with Crippen LogP contribution in [-0.4, -0.2) is 29.2 Å². The smallest absolute Gasteiger partial charge is 0.135 e. The summed E-state index contributed by atoms with van der Waals surface area (Å²) in [7, 11) is 0. The fraction of sp³-hybridized carbons (Fsp3) is 0.529. The number of aromatic nitrogens is 2. The molecule has 0 radical (unpaired) electrons. The number of rotatable bonds is 6. The zero-order chi connectivity index (χ0) is 15.6. The van der Waals surface area contributed by atoms with E-state index in [4.69, 9.17) is 21.3 Å². The largest absolute Gasteiger partial charge is 0.376 e. The summed E-state index contributed by atoms with van der Waals surface area (Å²) in [5.41, 5.74) is 0. The highest BCUT2D eigenvalue weighted by molar-refractivity contribution is 7.09. The van der Waals surface area contributed by atoms with Crippen LogP contribution in [0.4, 0.5) is 5.82 Å². The second-order valence-electron chi connectivity index (χ2n) is 6.28. The summed E-state index contributed by atoms with van der Waals surface area (Å²) < 4.78 is 5.83. The summed E-state index contributed by atoms with van der Waals surface area (Å²) in [4.78, 5) is 12.8. The number of thiophene rings is 1. The van der Waals surface area contributed by atoms with Crippen LogP contribution in [-0.2, 0) is 11.3 Å². The quantitative estimate of drug-likeness (QED) is 0.730. The van der Waals surface area contributed by atoms with Crippen LogP contribution in [0.2, 0.25) is 5.15 Å². The van der Waals surface area contributed by atoms with Gasteiger partial charge < -0.3 is 9.64 Å². The highest BCUT2D eigenvalue weighted by Crippen LogP contribution is 2.39. The van der Waals surface area contributed by atoms with Crippen LogP contribution in [0.3, 0.4) is 0 Å². The first-order valence-electron chi connectivity index (χ1n) is 8.21.